The average molecular weight is 351 g/mol. The van der Waals surface area contributed by atoms with E-state index < -0.39 is 28.3 Å². The number of hydrogen-bond donors (Lipinski definition) is 1. The van der Waals surface area contributed by atoms with E-state index in [1.165, 1.54) is 5.38 Å². The first-order valence-corrected chi connectivity index (χ1v) is 8.61. The van der Waals surface area contributed by atoms with Gasteiger partial charge in [-0.15, -0.1) is 15.6 Å². The Bertz CT molecular complexity index is 663. The van der Waals surface area contributed by atoms with Crippen LogP contribution in [0.4, 0.5) is 4.79 Å². The van der Waals surface area contributed by atoms with Crippen molar-refractivity contribution < 1.29 is 32.1 Å². The van der Waals surface area contributed by atoms with E-state index in [1.807, 2.05) is 0 Å². The molecule has 1 aromatic heterocycles. The van der Waals surface area contributed by atoms with E-state index >= 15 is 0 Å². The summed E-state index contributed by atoms with van der Waals surface area (Å²) in [6.07, 6.45) is -1.66. The topological polar surface area (TPSA) is 110 Å². The van der Waals surface area contributed by atoms with Crippen LogP contribution >= 0.6 is 11.3 Å². The summed E-state index contributed by atoms with van der Waals surface area (Å²) in [5.74, 6) is -0.800. The Balaban J connectivity index is 3.29. The molecule has 0 saturated carbocycles. The Morgan fingerprint density at radius 3 is 2.45 bits per heavy atom. The summed E-state index contributed by atoms with van der Waals surface area (Å²) in [5.41, 5.74) is -0.158. The summed E-state index contributed by atoms with van der Waals surface area (Å²) in [6.45, 7) is 4.98. The Morgan fingerprint density at radius 1 is 1.41 bits per heavy atom. The molecule has 0 atom stereocenters. The van der Waals surface area contributed by atoms with Gasteiger partial charge in [0.25, 0.3) is 0 Å². The highest BCUT2D eigenvalue weighted by atomic mass is 32.2. The van der Waals surface area contributed by atoms with Crippen LogP contribution in [0.15, 0.2) is 10.3 Å². The van der Waals surface area contributed by atoms with Gasteiger partial charge in [-0.2, -0.15) is 13.5 Å². The first kappa shape index (κ1) is 18.4. The zero-order valence-electron chi connectivity index (χ0n) is 12.5. The van der Waals surface area contributed by atoms with Crippen molar-refractivity contribution in [1.29, 1.82) is 0 Å². The van der Waals surface area contributed by atoms with Crippen LogP contribution in [-0.2, 0) is 25.6 Å². The minimum absolute atomic E-state index is 0.157. The fraction of sp³-hybridized carbons (Fsp3) is 0.500. The molecule has 0 fully saturated rings. The minimum Gasteiger partial charge on any atom is -0.463 e. The normalized spacial score (nSPS) is 11.5. The highest BCUT2D eigenvalue weighted by Gasteiger charge is 2.32. The number of rotatable bonds is 6. The van der Waals surface area contributed by atoms with Crippen molar-refractivity contribution in [2.45, 2.75) is 38.2 Å². The summed E-state index contributed by atoms with van der Waals surface area (Å²) in [6, 6.07) is 0. The van der Waals surface area contributed by atoms with Gasteiger partial charge in [-0.1, -0.05) is 6.92 Å². The second-order valence-electron chi connectivity index (χ2n) is 4.52. The van der Waals surface area contributed by atoms with Crippen molar-refractivity contribution in [1.82, 2.24) is 5.06 Å². The number of amides is 1. The second kappa shape index (κ2) is 7.07. The standard InChI is InChI=1S/C12H17NO7S2/c1-5-9-10(22(17,18)20-13(4)12(15)16)8(6-21-9)11(14)19-7(2)3/h6-7H,5H2,1-4H3,(H,15,16). The first-order valence-electron chi connectivity index (χ1n) is 6.32. The maximum atomic E-state index is 12.3. The molecule has 0 unspecified atom stereocenters. The highest BCUT2D eigenvalue weighted by Crippen LogP contribution is 2.30. The Morgan fingerprint density at radius 2 is 2.00 bits per heavy atom. The predicted molar refractivity (Wildman–Crippen MR) is 78.3 cm³/mol. The molecule has 0 aliphatic heterocycles. The molecule has 1 aromatic rings. The van der Waals surface area contributed by atoms with E-state index in [9.17, 15) is 18.0 Å². The van der Waals surface area contributed by atoms with Gasteiger partial charge in [0, 0.05) is 17.3 Å². The smallest absolute Gasteiger partial charge is 0.432 e. The zero-order chi connectivity index (χ0) is 17.1. The molecule has 1 heterocycles. The molecule has 0 aromatic carbocycles. The molecule has 1 amide bonds. The van der Waals surface area contributed by atoms with Crippen LogP contribution in [0.5, 0.6) is 0 Å². The van der Waals surface area contributed by atoms with Crippen LogP contribution in [0.3, 0.4) is 0 Å². The number of esters is 1. The Hall–Kier alpha value is -1.65. The summed E-state index contributed by atoms with van der Waals surface area (Å²) < 4.78 is 34.0. The number of hydrogen-bond acceptors (Lipinski definition) is 7. The number of aryl methyl sites for hydroxylation is 1. The molecule has 22 heavy (non-hydrogen) atoms. The molecular weight excluding hydrogens is 334 g/mol. The van der Waals surface area contributed by atoms with Crippen LogP contribution in [0.25, 0.3) is 0 Å². The highest BCUT2D eigenvalue weighted by molar-refractivity contribution is 7.87. The molecule has 1 N–H and O–H groups in total. The molecule has 124 valence electrons. The largest absolute Gasteiger partial charge is 0.463 e. The van der Waals surface area contributed by atoms with Gasteiger partial charge in [-0.25, -0.2) is 9.59 Å². The van der Waals surface area contributed by atoms with Gasteiger partial charge >= 0.3 is 22.2 Å². The maximum absolute atomic E-state index is 12.3. The average Bonchev–Trinajstić information content (AvgIpc) is 2.81. The van der Waals surface area contributed by atoms with Gasteiger partial charge in [0.05, 0.1) is 11.7 Å². The number of carboxylic acid groups (broad SMARTS) is 1. The van der Waals surface area contributed by atoms with Crippen LogP contribution in [0, 0.1) is 0 Å². The van der Waals surface area contributed by atoms with Crippen LogP contribution in [0.1, 0.15) is 36.0 Å². The van der Waals surface area contributed by atoms with Gasteiger partial charge in [0.15, 0.2) is 0 Å². The molecule has 0 aliphatic rings. The van der Waals surface area contributed by atoms with E-state index in [1.54, 1.807) is 20.8 Å². The summed E-state index contributed by atoms with van der Waals surface area (Å²) in [4.78, 5) is 22.8. The number of thiophene rings is 1. The quantitative estimate of drug-likeness (QED) is 0.617. The number of carbonyl (C=O) groups excluding carboxylic acids is 1. The maximum Gasteiger partial charge on any atom is 0.432 e. The fourth-order valence-electron chi connectivity index (χ4n) is 1.54. The molecule has 0 bridgehead atoms. The molecule has 8 nitrogen and oxygen atoms in total. The minimum atomic E-state index is -4.46. The van der Waals surface area contributed by atoms with E-state index in [4.69, 9.17) is 9.84 Å². The third kappa shape index (κ3) is 4.18. The molecule has 1 rings (SSSR count). The van der Waals surface area contributed by atoms with Crippen molar-refractivity contribution in [2.75, 3.05) is 7.05 Å². The van der Waals surface area contributed by atoms with Crippen molar-refractivity contribution >= 4 is 33.5 Å². The molecule has 0 saturated heterocycles. The van der Waals surface area contributed by atoms with Crippen LogP contribution in [0.2, 0.25) is 0 Å². The van der Waals surface area contributed by atoms with Crippen molar-refractivity contribution in [3.63, 3.8) is 0 Å². The van der Waals surface area contributed by atoms with E-state index in [0.29, 0.717) is 11.3 Å². The predicted octanol–water partition coefficient (Wildman–Crippen LogP) is 2.11. The Labute approximate surface area is 132 Å². The zero-order valence-corrected chi connectivity index (χ0v) is 14.2. The Kier molecular flexibility index (Phi) is 5.92. The SMILES string of the molecule is CCc1scc(C(=O)OC(C)C)c1S(=O)(=O)ON(C)C(=O)O. The summed E-state index contributed by atoms with van der Waals surface area (Å²) in [7, 11) is -3.53. The lowest BCUT2D eigenvalue weighted by Crippen LogP contribution is -2.29. The van der Waals surface area contributed by atoms with Crippen LogP contribution < -0.4 is 0 Å². The lowest BCUT2D eigenvalue weighted by atomic mass is 10.3. The molecule has 0 aliphatic carbocycles. The molecule has 0 radical (unpaired) electrons. The van der Waals surface area contributed by atoms with Crippen molar-refractivity contribution in [2.24, 2.45) is 0 Å². The molecular formula is C12H17NO7S2. The first-order chi connectivity index (χ1) is 10.1. The third-order valence-electron chi connectivity index (χ3n) is 2.43. The number of nitrogens with zero attached hydrogens (tertiary/aromatic N) is 1. The molecule has 0 spiro atoms. The van der Waals surface area contributed by atoms with Crippen molar-refractivity contribution in [3.8, 4) is 0 Å². The van der Waals surface area contributed by atoms with Gasteiger partial charge < -0.3 is 9.84 Å². The monoisotopic (exact) mass is 351 g/mol. The van der Waals surface area contributed by atoms with Gasteiger partial charge in [-0.05, 0) is 20.3 Å². The second-order valence-corrected chi connectivity index (χ2v) is 6.95. The number of carbonyl (C=O) groups is 2. The lowest BCUT2D eigenvalue weighted by Gasteiger charge is -2.14. The number of hydroxylamine groups is 2. The summed E-state index contributed by atoms with van der Waals surface area (Å²) >= 11 is 1.07. The number of ether oxygens (including phenoxy) is 1. The summed E-state index contributed by atoms with van der Waals surface area (Å²) in [5, 5.41) is 10.2. The van der Waals surface area contributed by atoms with E-state index in [-0.39, 0.29) is 15.5 Å². The molecule has 10 heteroatoms. The van der Waals surface area contributed by atoms with E-state index in [2.05, 4.69) is 4.28 Å². The van der Waals surface area contributed by atoms with Crippen molar-refractivity contribution in [3.05, 3.63) is 15.8 Å². The van der Waals surface area contributed by atoms with Crippen LogP contribution in [-0.4, -0.2) is 43.8 Å². The lowest BCUT2D eigenvalue weighted by molar-refractivity contribution is -0.00706. The van der Waals surface area contributed by atoms with E-state index in [0.717, 1.165) is 18.4 Å². The van der Waals surface area contributed by atoms with Gasteiger partial charge in [0.1, 0.15) is 4.90 Å². The fourth-order valence-corrected chi connectivity index (χ4v) is 4.19. The van der Waals surface area contributed by atoms with Gasteiger partial charge in [-0.3, -0.25) is 0 Å². The third-order valence-corrected chi connectivity index (χ3v) is 5.08. The van der Waals surface area contributed by atoms with Gasteiger partial charge in [0.2, 0.25) is 0 Å².